The van der Waals surface area contributed by atoms with E-state index >= 15 is 0 Å². The lowest BCUT2D eigenvalue weighted by Crippen LogP contribution is -2.09. The van der Waals surface area contributed by atoms with Crippen LogP contribution < -0.4 is 4.74 Å². The lowest BCUT2D eigenvalue weighted by Gasteiger charge is -2.20. The van der Waals surface area contributed by atoms with Crippen LogP contribution in [-0.4, -0.2) is 22.8 Å². The number of carbonyl (C=O) groups is 2. The molecule has 0 aliphatic heterocycles. The Morgan fingerprint density at radius 3 is 2.30 bits per heavy atom. The number of ether oxygens (including phenoxy) is 2. The molecule has 0 spiro atoms. The highest BCUT2D eigenvalue weighted by molar-refractivity contribution is 6.13. The molecule has 1 unspecified atom stereocenters. The first-order chi connectivity index (χ1) is 21.4. The molecule has 234 valence electrons. The maximum Gasteiger partial charge on any atom is 0.305 e. The number of fused-ring (bicyclic) bond motifs is 1. The van der Waals surface area contributed by atoms with Crippen molar-refractivity contribution in [1.82, 2.24) is 4.40 Å². The number of nitrogens with zero attached hydrogens (tertiary/aromatic N) is 1. The Hall–Kier alpha value is -3.86. The van der Waals surface area contributed by atoms with E-state index in [1.54, 1.807) is 0 Å². The quantitative estimate of drug-likeness (QED) is 0.0653. The van der Waals surface area contributed by atoms with Crippen molar-refractivity contribution in [3.8, 4) is 5.75 Å². The van der Waals surface area contributed by atoms with Gasteiger partial charge in [-0.2, -0.15) is 0 Å². The zero-order chi connectivity index (χ0) is 31.3. The van der Waals surface area contributed by atoms with Crippen LogP contribution >= 0.6 is 0 Å². The maximum absolute atomic E-state index is 13.7. The summed E-state index contributed by atoms with van der Waals surface area (Å²) in [6.45, 7) is 8.94. The number of aromatic nitrogens is 1. The summed E-state index contributed by atoms with van der Waals surface area (Å²) in [5, 5.41) is 0. The Labute approximate surface area is 263 Å². The average molecular weight is 596 g/mol. The first-order valence-corrected chi connectivity index (χ1v) is 16.5. The molecular weight excluding hydrogens is 546 g/mol. The lowest BCUT2D eigenvalue weighted by molar-refractivity contribution is -0.143. The van der Waals surface area contributed by atoms with Crippen molar-refractivity contribution in [1.29, 1.82) is 0 Å². The van der Waals surface area contributed by atoms with Crippen LogP contribution in [0.15, 0.2) is 79.0 Å². The van der Waals surface area contributed by atoms with E-state index in [-0.39, 0.29) is 17.9 Å². The van der Waals surface area contributed by atoms with E-state index in [4.69, 9.17) is 9.47 Å². The molecule has 0 fully saturated rings. The number of aryl methyl sites for hydroxylation is 1. The number of hydrogen-bond acceptors (Lipinski definition) is 4. The van der Waals surface area contributed by atoms with Gasteiger partial charge >= 0.3 is 5.97 Å². The SMILES string of the molecule is CCCCCCCC(Oc1ccc(C(=O)c2cc(CCCC(=O)OCC)n3ccccc23)cc1)c1ccc(CC(C)C)cc1. The monoisotopic (exact) mass is 595 g/mol. The fourth-order valence-corrected chi connectivity index (χ4v) is 5.82. The second-order valence-electron chi connectivity index (χ2n) is 12.2. The van der Waals surface area contributed by atoms with Crippen molar-refractivity contribution in [3.05, 3.63) is 107 Å². The minimum Gasteiger partial charge on any atom is -0.486 e. The minimum absolute atomic E-state index is 0.0230. The number of hydrogen-bond donors (Lipinski definition) is 0. The van der Waals surface area contributed by atoms with E-state index in [1.165, 1.54) is 36.8 Å². The fourth-order valence-electron chi connectivity index (χ4n) is 5.82. The third-order valence-electron chi connectivity index (χ3n) is 8.08. The van der Waals surface area contributed by atoms with Crippen LogP contribution in [0.1, 0.15) is 118 Å². The molecule has 0 saturated carbocycles. The predicted octanol–water partition coefficient (Wildman–Crippen LogP) is 9.74. The molecule has 2 heterocycles. The third kappa shape index (κ3) is 9.32. The van der Waals surface area contributed by atoms with Gasteiger partial charge in [-0.05, 0) is 98.5 Å². The first kappa shape index (κ1) is 33.0. The van der Waals surface area contributed by atoms with Gasteiger partial charge in [0.2, 0.25) is 0 Å². The summed E-state index contributed by atoms with van der Waals surface area (Å²) in [5.74, 6) is 1.19. The van der Waals surface area contributed by atoms with E-state index in [9.17, 15) is 9.59 Å². The van der Waals surface area contributed by atoms with Crippen molar-refractivity contribution >= 4 is 17.3 Å². The molecule has 0 amide bonds. The number of benzene rings is 2. The van der Waals surface area contributed by atoms with Crippen LogP contribution in [-0.2, 0) is 22.4 Å². The third-order valence-corrected chi connectivity index (χ3v) is 8.08. The number of ketones is 1. The van der Waals surface area contributed by atoms with Crippen molar-refractivity contribution in [2.24, 2.45) is 5.92 Å². The normalized spacial score (nSPS) is 12.0. The predicted molar refractivity (Wildman–Crippen MR) is 179 cm³/mol. The van der Waals surface area contributed by atoms with Crippen molar-refractivity contribution in [3.63, 3.8) is 0 Å². The van der Waals surface area contributed by atoms with Gasteiger partial charge in [-0.25, -0.2) is 0 Å². The van der Waals surface area contributed by atoms with Crippen molar-refractivity contribution < 1.29 is 19.1 Å². The maximum atomic E-state index is 13.7. The smallest absolute Gasteiger partial charge is 0.305 e. The highest BCUT2D eigenvalue weighted by Crippen LogP contribution is 2.29. The number of esters is 1. The van der Waals surface area contributed by atoms with E-state index < -0.39 is 0 Å². The number of rotatable bonds is 18. The zero-order valence-electron chi connectivity index (χ0n) is 27.0. The van der Waals surface area contributed by atoms with E-state index in [2.05, 4.69) is 45.0 Å². The molecule has 4 aromatic rings. The summed E-state index contributed by atoms with van der Waals surface area (Å²) in [5.41, 5.74) is 5.72. The minimum atomic E-state index is -0.186. The molecule has 0 bridgehead atoms. The Morgan fingerprint density at radius 2 is 1.59 bits per heavy atom. The van der Waals surface area contributed by atoms with Gasteiger partial charge in [0.05, 0.1) is 12.1 Å². The Morgan fingerprint density at radius 1 is 0.841 bits per heavy atom. The van der Waals surface area contributed by atoms with Crippen LogP contribution in [0.4, 0.5) is 0 Å². The summed E-state index contributed by atoms with van der Waals surface area (Å²) in [4.78, 5) is 25.5. The van der Waals surface area contributed by atoms with Gasteiger partial charge < -0.3 is 13.9 Å². The molecule has 0 saturated heterocycles. The van der Waals surface area contributed by atoms with Gasteiger partial charge in [-0.1, -0.05) is 76.8 Å². The van der Waals surface area contributed by atoms with Gasteiger partial charge in [0.15, 0.2) is 5.78 Å². The second-order valence-corrected chi connectivity index (χ2v) is 12.2. The van der Waals surface area contributed by atoms with Crippen molar-refractivity contribution in [2.75, 3.05) is 6.61 Å². The number of carbonyl (C=O) groups excluding carboxylic acids is 2. The molecule has 5 nitrogen and oxygen atoms in total. The van der Waals surface area contributed by atoms with Crippen LogP contribution in [0, 0.1) is 5.92 Å². The molecule has 0 aliphatic carbocycles. The molecule has 0 N–H and O–H groups in total. The van der Waals surface area contributed by atoms with E-state index in [0.29, 0.717) is 42.9 Å². The molecule has 0 aliphatic rings. The Balaban J connectivity index is 1.47. The summed E-state index contributed by atoms with van der Waals surface area (Å²) in [6, 6.07) is 24.3. The Bertz CT molecular complexity index is 1470. The van der Waals surface area contributed by atoms with E-state index in [0.717, 1.165) is 36.2 Å². The van der Waals surface area contributed by atoms with Crippen molar-refractivity contribution in [2.45, 2.75) is 98.0 Å². The molecule has 4 rings (SSSR count). The number of pyridine rings is 1. The molecular formula is C39H49NO4. The highest BCUT2D eigenvalue weighted by Gasteiger charge is 2.19. The molecule has 1 atom stereocenters. The van der Waals surface area contributed by atoms with Gasteiger partial charge in [0, 0.05) is 29.4 Å². The van der Waals surface area contributed by atoms with Gasteiger partial charge in [0.25, 0.3) is 0 Å². The molecule has 44 heavy (non-hydrogen) atoms. The largest absolute Gasteiger partial charge is 0.486 e. The second kappa shape index (κ2) is 16.8. The van der Waals surface area contributed by atoms with Gasteiger partial charge in [-0.15, -0.1) is 0 Å². The summed E-state index contributed by atoms with van der Waals surface area (Å²) in [6.07, 6.45) is 11.8. The summed E-state index contributed by atoms with van der Waals surface area (Å²) in [7, 11) is 0. The van der Waals surface area contributed by atoms with Crippen LogP contribution in [0.5, 0.6) is 5.75 Å². The molecule has 0 radical (unpaired) electrons. The van der Waals surface area contributed by atoms with Crippen LogP contribution in [0.25, 0.3) is 5.52 Å². The average Bonchev–Trinajstić information content (AvgIpc) is 3.39. The Kier molecular flexibility index (Phi) is 12.6. The topological polar surface area (TPSA) is 57.0 Å². The zero-order valence-corrected chi connectivity index (χ0v) is 27.0. The fraction of sp³-hybridized carbons (Fsp3) is 0.436. The van der Waals surface area contributed by atoms with Crippen LogP contribution in [0.2, 0.25) is 0 Å². The van der Waals surface area contributed by atoms with Gasteiger partial charge in [-0.3, -0.25) is 9.59 Å². The molecule has 2 aromatic carbocycles. The molecule has 5 heteroatoms. The van der Waals surface area contributed by atoms with Gasteiger partial charge in [0.1, 0.15) is 11.9 Å². The van der Waals surface area contributed by atoms with Crippen LogP contribution in [0.3, 0.4) is 0 Å². The molecule has 2 aromatic heterocycles. The summed E-state index contributed by atoms with van der Waals surface area (Å²) >= 11 is 0. The standard InChI is InChI=1S/C39H49NO4/c1-5-7-8-9-10-16-37(31-20-18-30(19-21-31)27-29(3)4)44-34-24-22-32(23-25-34)39(42)35-28-33(14-13-17-38(41)43-6-2)40-26-12-11-15-36(35)40/h11-12,15,18-26,28-29,37H,5-10,13-14,16-17,27H2,1-4H3. The summed E-state index contributed by atoms with van der Waals surface area (Å²) < 4.78 is 13.7. The lowest BCUT2D eigenvalue weighted by atomic mass is 9.98. The first-order valence-electron chi connectivity index (χ1n) is 16.5. The van der Waals surface area contributed by atoms with E-state index in [1.807, 2.05) is 66.1 Å². The highest BCUT2D eigenvalue weighted by atomic mass is 16.5. The number of unbranched alkanes of at least 4 members (excludes halogenated alkanes) is 4.